The number of halogens is 1. The largest absolute Gasteiger partial charge is 0.483 e. The van der Waals surface area contributed by atoms with Crippen molar-refractivity contribution in [2.24, 2.45) is 5.92 Å². The van der Waals surface area contributed by atoms with Crippen LogP contribution in [0.1, 0.15) is 54.3 Å². The Bertz CT molecular complexity index is 1100. The van der Waals surface area contributed by atoms with Gasteiger partial charge in [0.1, 0.15) is 5.82 Å². The normalized spacial score (nSPS) is 20.7. The van der Waals surface area contributed by atoms with Crippen LogP contribution in [-0.4, -0.2) is 43.1 Å². The van der Waals surface area contributed by atoms with Gasteiger partial charge in [0, 0.05) is 49.6 Å². The maximum absolute atomic E-state index is 14.1. The van der Waals surface area contributed by atoms with Gasteiger partial charge in [0.05, 0.1) is 5.52 Å². The van der Waals surface area contributed by atoms with Crippen molar-refractivity contribution in [3.05, 3.63) is 65.1 Å². The van der Waals surface area contributed by atoms with Crippen molar-refractivity contribution in [3.8, 4) is 5.69 Å². The zero-order valence-corrected chi connectivity index (χ0v) is 19.3. The lowest BCUT2D eigenvalue weighted by Crippen LogP contribution is -2.27. The fourth-order valence-corrected chi connectivity index (χ4v) is 5.48. The molecule has 2 fully saturated rings. The number of nitrogens with zero attached hydrogens (tertiary/aromatic N) is 1. The molecule has 1 N–H and O–H groups in total. The average molecular weight is 454 g/mol. The first kappa shape index (κ1) is 23.5. The summed E-state index contributed by atoms with van der Waals surface area (Å²) in [7, 11) is 1.80. The molecule has 3 aromatic rings. The molecule has 33 heavy (non-hydrogen) atoms. The number of carbonyl (C=O) groups is 1. The second-order valence-electron chi connectivity index (χ2n) is 9.07. The summed E-state index contributed by atoms with van der Waals surface area (Å²) in [6.07, 6.45) is 4.44. The molecule has 0 unspecified atom stereocenters. The minimum Gasteiger partial charge on any atom is -0.483 e. The Morgan fingerprint density at radius 3 is 2.52 bits per heavy atom. The van der Waals surface area contributed by atoms with Gasteiger partial charge in [-0.2, -0.15) is 0 Å². The minimum atomic E-state index is -0.250. The quantitative estimate of drug-likeness (QED) is 0.495. The highest BCUT2D eigenvalue weighted by molar-refractivity contribution is 5.88. The minimum absolute atomic E-state index is 0.149. The van der Waals surface area contributed by atoms with Crippen molar-refractivity contribution in [1.82, 2.24) is 4.57 Å². The van der Waals surface area contributed by atoms with E-state index in [4.69, 9.17) is 19.4 Å². The third-order valence-electron chi connectivity index (χ3n) is 7.01. The van der Waals surface area contributed by atoms with E-state index in [-0.39, 0.29) is 12.3 Å². The molecule has 1 aliphatic heterocycles. The summed E-state index contributed by atoms with van der Waals surface area (Å²) >= 11 is 0. The van der Waals surface area contributed by atoms with Gasteiger partial charge in [-0.05, 0) is 79.8 Å². The molecule has 0 bridgehead atoms. The number of carboxylic acid groups (broad SMARTS) is 1. The molecule has 1 saturated carbocycles. The third-order valence-corrected chi connectivity index (χ3v) is 7.01. The van der Waals surface area contributed by atoms with E-state index < -0.39 is 0 Å². The van der Waals surface area contributed by atoms with Gasteiger partial charge in [0.2, 0.25) is 0 Å². The van der Waals surface area contributed by atoms with Gasteiger partial charge < -0.3 is 19.1 Å². The number of fused-ring (bicyclic) bond motifs is 1. The van der Waals surface area contributed by atoms with Crippen LogP contribution in [0.2, 0.25) is 0 Å². The lowest BCUT2D eigenvalue weighted by atomic mass is 9.70. The van der Waals surface area contributed by atoms with Crippen LogP contribution in [0.4, 0.5) is 4.39 Å². The molecule has 2 aliphatic rings. The van der Waals surface area contributed by atoms with Gasteiger partial charge in [-0.3, -0.25) is 4.79 Å². The summed E-state index contributed by atoms with van der Waals surface area (Å²) in [5.41, 5.74) is 5.91. The van der Waals surface area contributed by atoms with Crippen LogP contribution >= 0.6 is 0 Å². The highest BCUT2D eigenvalue weighted by Crippen LogP contribution is 2.49. The zero-order valence-electron chi connectivity index (χ0n) is 19.3. The topological polar surface area (TPSA) is 60.7 Å². The molecule has 1 aromatic heterocycles. The molecule has 6 heteroatoms. The number of aromatic nitrogens is 1. The number of hydrogen-bond acceptors (Lipinski definition) is 3. The SMILES string of the molecule is COCC1CC(c2c(C3CCOCC3)n(-c3ccc(F)c(C)c3)c3ccccc23)C1.O=CO. The van der Waals surface area contributed by atoms with E-state index in [0.717, 1.165) is 38.3 Å². The van der Waals surface area contributed by atoms with Gasteiger partial charge in [-0.25, -0.2) is 4.39 Å². The Morgan fingerprint density at radius 2 is 1.85 bits per heavy atom. The number of hydrogen-bond donors (Lipinski definition) is 1. The average Bonchev–Trinajstić information content (AvgIpc) is 3.14. The Hall–Kier alpha value is -2.70. The highest BCUT2D eigenvalue weighted by Gasteiger charge is 2.37. The molecule has 176 valence electrons. The molecule has 5 rings (SSSR count). The van der Waals surface area contributed by atoms with Crippen molar-refractivity contribution >= 4 is 17.4 Å². The second-order valence-corrected chi connectivity index (χ2v) is 9.07. The molecule has 1 aliphatic carbocycles. The fraction of sp³-hybridized carbons (Fsp3) is 0.444. The molecule has 1 saturated heterocycles. The predicted octanol–water partition coefficient (Wildman–Crippen LogP) is 5.81. The van der Waals surface area contributed by atoms with Gasteiger partial charge in [0.25, 0.3) is 6.47 Å². The van der Waals surface area contributed by atoms with Crippen LogP contribution in [0.15, 0.2) is 42.5 Å². The van der Waals surface area contributed by atoms with Crippen LogP contribution in [0.5, 0.6) is 0 Å². The molecule has 0 atom stereocenters. The molecule has 0 radical (unpaired) electrons. The summed E-state index contributed by atoms with van der Waals surface area (Å²) in [6.45, 7) is 4.07. The molecular weight excluding hydrogens is 421 g/mol. The van der Waals surface area contributed by atoms with Crippen molar-refractivity contribution < 1.29 is 23.8 Å². The Balaban J connectivity index is 0.000000821. The Labute approximate surface area is 194 Å². The maximum atomic E-state index is 14.1. The van der Waals surface area contributed by atoms with Gasteiger partial charge in [0.15, 0.2) is 0 Å². The monoisotopic (exact) mass is 453 g/mol. The van der Waals surface area contributed by atoms with Crippen LogP contribution in [0, 0.1) is 18.7 Å². The first-order valence-corrected chi connectivity index (χ1v) is 11.6. The molecule has 2 aromatic carbocycles. The molecule has 0 amide bonds. The van der Waals surface area contributed by atoms with Crippen LogP contribution in [-0.2, 0) is 14.3 Å². The van der Waals surface area contributed by atoms with Crippen LogP contribution in [0.25, 0.3) is 16.6 Å². The summed E-state index contributed by atoms with van der Waals surface area (Å²) in [5.74, 6) is 1.53. The zero-order chi connectivity index (χ0) is 23.4. The van der Waals surface area contributed by atoms with E-state index in [1.807, 2.05) is 19.1 Å². The lowest BCUT2D eigenvalue weighted by Gasteiger charge is -2.37. The van der Waals surface area contributed by atoms with Crippen molar-refractivity contribution in [1.29, 1.82) is 0 Å². The maximum Gasteiger partial charge on any atom is 0.290 e. The van der Waals surface area contributed by atoms with Gasteiger partial charge >= 0.3 is 0 Å². The van der Waals surface area contributed by atoms with Crippen molar-refractivity contribution in [3.63, 3.8) is 0 Å². The summed E-state index contributed by atoms with van der Waals surface area (Å²) in [4.78, 5) is 8.36. The third kappa shape index (κ3) is 4.68. The number of para-hydroxylation sites is 1. The van der Waals surface area contributed by atoms with Crippen molar-refractivity contribution in [2.45, 2.75) is 44.4 Å². The van der Waals surface area contributed by atoms with Crippen molar-refractivity contribution in [2.75, 3.05) is 26.9 Å². The van der Waals surface area contributed by atoms with Crippen LogP contribution in [0.3, 0.4) is 0 Å². The van der Waals surface area contributed by atoms with E-state index in [1.54, 1.807) is 13.2 Å². The van der Waals surface area contributed by atoms with E-state index in [1.165, 1.54) is 35.0 Å². The standard InChI is InChI=1S/C26H30FNO2.CH2O2/c1-17-13-21(7-8-23(17)27)28-24-6-4-3-5-22(24)25(20-14-18(15-20)16-29-2)26(28)19-9-11-30-12-10-19;2-1-3/h3-8,13,18-20H,9-12,14-16H2,1-2H3;1H,(H,2,3). The van der Waals surface area contributed by atoms with Crippen LogP contribution < -0.4 is 0 Å². The number of rotatable bonds is 5. The van der Waals surface area contributed by atoms with Gasteiger partial charge in [-0.15, -0.1) is 0 Å². The second kappa shape index (κ2) is 10.5. The van der Waals surface area contributed by atoms with Gasteiger partial charge in [-0.1, -0.05) is 18.2 Å². The lowest BCUT2D eigenvalue weighted by molar-refractivity contribution is -0.122. The highest BCUT2D eigenvalue weighted by atomic mass is 19.1. The smallest absolute Gasteiger partial charge is 0.290 e. The first-order chi connectivity index (χ1) is 16.1. The van der Waals surface area contributed by atoms with E-state index in [9.17, 15) is 4.39 Å². The fourth-order valence-electron chi connectivity index (χ4n) is 5.48. The molecule has 2 heterocycles. The molecule has 0 spiro atoms. The number of ether oxygens (including phenoxy) is 2. The summed E-state index contributed by atoms with van der Waals surface area (Å²) < 4.78 is 27.6. The summed E-state index contributed by atoms with van der Waals surface area (Å²) in [5, 5.41) is 8.24. The van der Waals surface area contributed by atoms with E-state index in [2.05, 4.69) is 28.8 Å². The predicted molar refractivity (Wildman–Crippen MR) is 127 cm³/mol. The van der Waals surface area contributed by atoms with E-state index >= 15 is 0 Å². The Kier molecular flexibility index (Phi) is 7.46. The summed E-state index contributed by atoms with van der Waals surface area (Å²) in [6, 6.07) is 14.3. The number of aryl methyl sites for hydroxylation is 1. The molecular formula is C27H32FNO4. The molecule has 5 nitrogen and oxygen atoms in total. The first-order valence-electron chi connectivity index (χ1n) is 11.6. The van der Waals surface area contributed by atoms with E-state index in [0.29, 0.717) is 23.3 Å². The Morgan fingerprint density at radius 1 is 1.15 bits per heavy atom. The number of methoxy groups -OCH3 is 1. The number of benzene rings is 2.